The minimum Gasteiger partial charge on any atom is -0.487 e. The summed E-state index contributed by atoms with van der Waals surface area (Å²) < 4.78 is 7.04. The van der Waals surface area contributed by atoms with Crippen LogP contribution in [0.25, 0.3) is 0 Å². The minimum absolute atomic E-state index is 0.415. The Morgan fingerprint density at radius 3 is 2.76 bits per heavy atom. The summed E-state index contributed by atoms with van der Waals surface area (Å²) >= 11 is 3.51. The number of halogens is 1. The summed E-state index contributed by atoms with van der Waals surface area (Å²) in [6.07, 6.45) is 0. The molecule has 0 radical (unpaired) electrons. The smallest absolute Gasteiger partial charge is 0.130 e. The van der Waals surface area contributed by atoms with Gasteiger partial charge in [-0.2, -0.15) is 0 Å². The third-order valence-electron chi connectivity index (χ3n) is 3.13. The predicted octanol–water partition coefficient (Wildman–Crippen LogP) is 4.98. The van der Waals surface area contributed by atoms with Gasteiger partial charge in [-0.1, -0.05) is 35.8 Å². The summed E-state index contributed by atoms with van der Waals surface area (Å²) in [5, 5.41) is 3.21. The van der Waals surface area contributed by atoms with E-state index in [1.807, 2.05) is 30.3 Å². The van der Waals surface area contributed by atoms with Crippen molar-refractivity contribution in [3.8, 4) is 5.75 Å². The van der Waals surface area contributed by atoms with Gasteiger partial charge in [0, 0.05) is 11.0 Å². The van der Waals surface area contributed by atoms with Gasteiger partial charge in [-0.3, -0.25) is 0 Å². The molecule has 0 saturated heterocycles. The zero-order valence-electron chi connectivity index (χ0n) is 12.7. The molecule has 0 aliphatic heterocycles. The maximum atomic E-state index is 5.96. The van der Waals surface area contributed by atoms with Crippen molar-refractivity contribution in [2.75, 3.05) is 11.9 Å². The van der Waals surface area contributed by atoms with E-state index in [4.69, 9.17) is 4.74 Å². The van der Waals surface area contributed by atoms with Crippen molar-refractivity contribution in [2.45, 2.75) is 33.3 Å². The van der Waals surface area contributed by atoms with Crippen molar-refractivity contribution < 1.29 is 4.74 Å². The lowest BCUT2D eigenvalue weighted by Crippen LogP contribution is -2.04. The van der Waals surface area contributed by atoms with Crippen molar-refractivity contribution in [1.29, 1.82) is 0 Å². The van der Waals surface area contributed by atoms with Gasteiger partial charge >= 0.3 is 0 Å². The molecule has 0 amide bonds. The topological polar surface area (TPSA) is 34.1 Å². The van der Waals surface area contributed by atoms with Crippen LogP contribution in [0.1, 0.15) is 37.9 Å². The third-order valence-corrected chi connectivity index (χ3v) is 3.63. The zero-order chi connectivity index (χ0) is 15.2. The van der Waals surface area contributed by atoms with Crippen LogP contribution in [0.5, 0.6) is 5.75 Å². The van der Waals surface area contributed by atoms with Gasteiger partial charge in [-0.15, -0.1) is 0 Å². The fraction of sp³-hybridized carbons (Fsp3) is 0.353. The molecule has 0 bridgehead atoms. The highest BCUT2D eigenvalue weighted by molar-refractivity contribution is 9.10. The summed E-state index contributed by atoms with van der Waals surface area (Å²) in [5.74, 6) is 2.22. The number of benzene rings is 1. The first-order valence-corrected chi connectivity index (χ1v) is 8.01. The number of anilines is 1. The lowest BCUT2D eigenvalue weighted by molar-refractivity contribution is 0.297. The number of ether oxygens (including phenoxy) is 1. The molecule has 1 aromatic carbocycles. The number of rotatable bonds is 6. The highest BCUT2D eigenvalue weighted by atomic mass is 79.9. The molecule has 112 valence electrons. The quantitative estimate of drug-likeness (QED) is 0.799. The first-order chi connectivity index (χ1) is 10.1. The van der Waals surface area contributed by atoms with E-state index in [-0.39, 0.29) is 0 Å². The van der Waals surface area contributed by atoms with Crippen LogP contribution >= 0.6 is 15.9 Å². The van der Waals surface area contributed by atoms with Crippen LogP contribution in [-0.2, 0) is 6.61 Å². The van der Waals surface area contributed by atoms with E-state index in [2.05, 4.69) is 53.1 Å². The number of nitrogens with zero attached hydrogens (tertiary/aromatic N) is 1. The number of aromatic nitrogens is 1. The standard InChI is InChI=1S/C17H21BrN2O/c1-4-19-17-7-5-6-14(20-17)11-21-16-9-8-13(18)10-15(16)12(2)3/h5-10,12H,4,11H2,1-3H3,(H,19,20). The Hall–Kier alpha value is -1.55. The molecule has 0 aliphatic rings. The Morgan fingerprint density at radius 2 is 2.05 bits per heavy atom. The Balaban J connectivity index is 2.11. The molecule has 1 aromatic heterocycles. The van der Waals surface area contributed by atoms with E-state index in [1.54, 1.807) is 0 Å². The number of hydrogen-bond donors (Lipinski definition) is 1. The molecule has 1 heterocycles. The Bertz CT molecular complexity index is 599. The lowest BCUT2D eigenvalue weighted by Gasteiger charge is -2.14. The first-order valence-electron chi connectivity index (χ1n) is 7.22. The van der Waals surface area contributed by atoms with Crippen LogP contribution in [0.15, 0.2) is 40.9 Å². The molecule has 4 heteroatoms. The zero-order valence-corrected chi connectivity index (χ0v) is 14.3. The van der Waals surface area contributed by atoms with Crippen LogP contribution in [0.4, 0.5) is 5.82 Å². The second-order valence-electron chi connectivity index (χ2n) is 5.17. The molecule has 0 spiro atoms. The number of pyridine rings is 1. The average Bonchev–Trinajstić information content (AvgIpc) is 2.46. The van der Waals surface area contributed by atoms with Gasteiger partial charge in [0.1, 0.15) is 18.2 Å². The van der Waals surface area contributed by atoms with Gasteiger partial charge in [0.15, 0.2) is 0 Å². The average molecular weight is 349 g/mol. The van der Waals surface area contributed by atoms with Gasteiger partial charge in [-0.25, -0.2) is 4.98 Å². The molecule has 21 heavy (non-hydrogen) atoms. The van der Waals surface area contributed by atoms with Crippen LogP contribution in [-0.4, -0.2) is 11.5 Å². The van der Waals surface area contributed by atoms with Gasteiger partial charge < -0.3 is 10.1 Å². The molecule has 0 atom stereocenters. The first kappa shape index (κ1) is 15.8. The van der Waals surface area contributed by atoms with Gasteiger partial charge in [0.05, 0.1) is 5.69 Å². The van der Waals surface area contributed by atoms with Gasteiger partial charge in [0.25, 0.3) is 0 Å². The van der Waals surface area contributed by atoms with Gasteiger partial charge in [0.2, 0.25) is 0 Å². The molecule has 2 rings (SSSR count). The number of nitrogens with one attached hydrogen (secondary N) is 1. The lowest BCUT2D eigenvalue weighted by atomic mass is 10.0. The highest BCUT2D eigenvalue weighted by Crippen LogP contribution is 2.30. The van der Waals surface area contributed by atoms with Crippen LogP contribution in [0.2, 0.25) is 0 Å². The maximum absolute atomic E-state index is 5.96. The SMILES string of the molecule is CCNc1cccc(COc2ccc(Br)cc2C(C)C)n1. The van der Waals surface area contributed by atoms with Crippen LogP contribution in [0.3, 0.4) is 0 Å². The fourth-order valence-electron chi connectivity index (χ4n) is 2.09. The van der Waals surface area contributed by atoms with Crippen molar-refractivity contribution in [1.82, 2.24) is 4.98 Å². The van der Waals surface area contributed by atoms with Gasteiger partial charge in [-0.05, 0) is 48.7 Å². The Kier molecular flexibility index (Phi) is 5.62. The van der Waals surface area contributed by atoms with E-state index in [9.17, 15) is 0 Å². The van der Waals surface area contributed by atoms with E-state index in [0.29, 0.717) is 12.5 Å². The van der Waals surface area contributed by atoms with Crippen molar-refractivity contribution >= 4 is 21.7 Å². The summed E-state index contributed by atoms with van der Waals surface area (Å²) in [4.78, 5) is 4.52. The Morgan fingerprint density at radius 1 is 1.24 bits per heavy atom. The third kappa shape index (κ3) is 4.46. The van der Waals surface area contributed by atoms with E-state index < -0.39 is 0 Å². The van der Waals surface area contributed by atoms with E-state index >= 15 is 0 Å². The van der Waals surface area contributed by atoms with Crippen LogP contribution in [0, 0.1) is 0 Å². The molecular formula is C17H21BrN2O. The largest absolute Gasteiger partial charge is 0.487 e. The van der Waals surface area contributed by atoms with Crippen molar-refractivity contribution in [3.63, 3.8) is 0 Å². The van der Waals surface area contributed by atoms with E-state index in [1.165, 1.54) is 5.56 Å². The maximum Gasteiger partial charge on any atom is 0.130 e. The normalized spacial score (nSPS) is 10.7. The molecular weight excluding hydrogens is 328 g/mol. The summed E-state index contributed by atoms with van der Waals surface area (Å²) in [5.41, 5.74) is 2.12. The molecule has 0 saturated carbocycles. The van der Waals surface area contributed by atoms with Crippen molar-refractivity contribution in [3.05, 3.63) is 52.1 Å². The summed E-state index contributed by atoms with van der Waals surface area (Å²) in [7, 11) is 0. The molecule has 3 nitrogen and oxygen atoms in total. The number of hydrogen-bond acceptors (Lipinski definition) is 3. The second kappa shape index (κ2) is 7.46. The predicted molar refractivity (Wildman–Crippen MR) is 91.0 cm³/mol. The van der Waals surface area contributed by atoms with Crippen molar-refractivity contribution in [2.24, 2.45) is 0 Å². The molecule has 0 unspecified atom stereocenters. The Labute approximate surface area is 134 Å². The summed E-state index contributed by atoms with van der Waals surface area (Å²) in [6, 6.07) is 12.1. The highest BCUT2D eigenvalue weighted by Gasteiger charge is 2.09. The monoisotopic (exact) mass is 348 g/mol. The molecule has 1 N–H and O–H groups in total. The van der Waals surface area contributed by atoms with E-state index in [0.717, 1.165) is 28.3 Å². The fourth-order valence-corrected chi connectivity index (χ4v) is 2.47. The molecule has 0 aliphatic carbocycles. The van der Waals surface area contributed by atoms with Crippen LogP contribution < -0.4 is 10.1 Å². The summed E-state index contributed by atoms with van der Waals surface area (Å²) in [6.45, 7) is 7.72. The second-order valence-corrected chi connectivity index (χ2v) is 6.09. The molecule has 0 fully saturated rings. The molecule has 2 aromatic rings. The minimum atomic E-state index is 0.415.